The third kappa shape index (κ3) is 7.70. The minimum Gasteiger partial charge on any atom is -0.479 e. The highest BCUT2D eigenvalue weighted by molar-refractivity contribution is 5.88. The van der Waals surface area contributed by atoms with E-state index in [4.69, 9.17) is 9.72 Å². The van der Waals surface area contributed by atoms with Gasteiger partial charge in [-0.05, 0) is 94.7 Å². The van der Waals surface area contributed by atoms with E-state index >= 15 is 0 Å². The molecule has 0 spiro atoms. The summed E-state index contributed by atoms with van der Waals surface area (Å²) in [6, 6.07) is 8.80. The van der Waals surface area contributed by atoms with E-state index in [1.165, 1.54) is 11.1 Å². The Hall–Kier alpha value is -3.76. The number of nitrogens with zero attached hydrogens (tertiary/aromatic N) is 6. The van der Waals surface area contributed by atoms with E-state index in [1.54, 1.807) is 6.33 Å². The number of fused-ring (bicyclic) bond motifs is 1. The molecular weight excluding hydrogens is 616 g/mol. The maximum atomic E-state index is 12.9. The van der Waals surface area contributed by atoms with E-state index in [2.05, 4.69) is 62.8 Å². The molecule has 3 aliphatic rings. The van der Waals surface area contributed by atoms with Crippen LogP contribution in [0.4, 0.5) is 17.3 Å². The number of anilines is 3. The van der Waals surface area contributed by atoms with Crippen LogP contribution in [0.3, 0.4) is 0 Å². The predicted octanol–water partition coefficient (Wildman–Crippen LogP) is 6.49. The van der Waals surface area contributed by atoms with E-state index in [-0.39, 0.29) is 12.0 Å². The van der Waals surface area contributed by atoms with Crippen molar-refractivity contribution >= 4 is 23.3 Å². The Morgan fingerprint density at radius 3 is 2.24 bits per heavy atom. The third-order valence-electron chi connectivity index (χ3n) is 10.6. The molecule has 10 heteroatoms. The number of carboxylic acid groups (broad SMARTS) is 1. The average molecular weight is 671 g/mol. The van der Waals surface area contributed by atoms with Crippen molar-refractivity contribution in [2.75, 3.05) is 54.0 Å². The highest BCUT2D eigenvalue weighted by atomic mass is 16.5. The van der Waals surface area contributed by atoms with Crippen molar-refractivity contribution < 1.29 is 19.7 Å². The van der Waals surface area contributed by atoms with Crippen molar-refractivity contribution in [1.29, 1.82) is 0 Å². The monoisotopic (exact) mass is 670 g/mol. The number of hydrogen-bond donors (Lipinski definition) is 2. The fourth-order valence-corrected chi connectivity index (χ4v) is 7.69. The van der Waals surface area contributed by atoms with Crippen LogP contribution in [0.5, 0.6) is 0 Å². The van der Waals surface area contributed by atoms with Gasteiger partial charge in [0.15, 0.2) is 6.10 Å². The number of aliphatic hydroxyl groups is 1. The molecule has 5 heterocycles. The topological polar surface area (TPSA) is 115 Å². The lowest BCUT2D eigenvalue weighted by molar-refractivity contribution is -0.160. The number of ether oxygens (including phenoxy) is 1. The molecule has 0 amide bonds. The number of rotatable bonds is 8. The number of benzene rings is 1. The molecular formula is C39H54N6O4. The molecule has 0 bridgehead atoms. The molecule has 2 aromatic heterocycles. The number of carbonyl (C=O) groups is 1. The van der Waals surface area contributed by atoms with Gasteiger partial charge in [-0.15, -0.1) is 0 Å². The first-order chi connectivity index (χ1) is 23.2. The van der Waals surface area contributed by atoms with Crippen LogP contribution in [-0.2, 0) is 22.5 Å². The second kappa shape index (κ2) is 13.9. The van der Waals surface area contributed by atoms with E-state index in [0.717, 1.165) is 106 Å². The largest absolute Gasteiger partial charge is 0.479 e. The fourth-order valence-electron chi connectivity index (χ4n) is 7.69. The second-order valence-electron chi connectivity index (χ2n) is 16.0. The summed E-state index contributed by atoms with van der Waals surface area (Å²) in [5.41, 5.74) is 7.41. The highest BCUT2D eigenvalue weighted by Crippen LogP contribution is 2.45. The van der Waals surface area contributed by atoms with Crippen LogP contribution in [0.25, 0.3) is 11.1 Å². The molecule has 0 unspecified atom stereocenters. The lowest BCUT2D eigenvalue weighted by Crippen LogP contribution is -2.39. The smallest absolute Gasteiger partial charge is 0.337 e. The molecule has 10 nitrogen and oxygen atoms in total. The number of aliphatic hydroxyl groups excluding tert-OH is 1. The lowest BCUT2D eigenvalue weighted by Gasteiger charge is -2.41. The molecule has 1 atom stereocenters. The molecule has 264 valence electrons. The molecule has 2 saturated heterocycles. The first-order valence-electron chi connectivity index (χ1n) is 17.9. The van der Waals surface area contributed by atoms with Gasteiger partial charge >= 0.3 is 5.97 Å². The van der Waals surface area contributed by atoms with Crippen molar-refractivity contribution in [3.05, 3.63) is 58.7 Å². The zero-order valence-electron chi connectivity index (χ0n) is 30.4. The summed E-state index contributed by atoms with van der Waals surface area (Å²) in [6.07, 6.45) is 5.40. The Bertz CT molecular complexity index is 1670. The minimum absolute atomic E-state index is 0.237. The van der Waals surface area contributed by atoms with Crippen LogP contribution in [0.2, 0.25) is 0 Å². The van der Waals surface area contributed by atoms with Gasteiger partial charge < -0.3 is 29.6 Å². The quantitative estimate of drug-likeness (QED) is 0.276. The summed E-state index contributed by atoms with van der Waals surface area (Å²) in [5.74, 6) is 1.26. The summed E-state index contributed by atoms with van der Waals surface area (Å²) in [6.45, 7) is 19.6. The van der Waals surface area contributed by atoms with Crippen LogP contribution in [-0.4, -0.2) is 76.1 Å². The van der Waals surface area contributed by atoms with Gasteiger partial charge in [-0.25, -0.2) is 14.8 Å². The fraction of sp³-hybridized carbons (Fsp3) is 0.590. The molecule has 6 rings (SSSR count). The molecule has 2 fully saturated rings. The zero-order chi connectivity index (χ0) is 35.1. The van der Waals surface area contributed by atoms with E-state index < -0.39 is 17.7 Å². The van der Waals surface area contributed by atoms with Crippen LogP contribution in [0.15, 0.2) is 30.6 Å². The molecule has 3 aromatic rings. The molecule has 1 aromatic carbocycles. The maximum absolute atomic E-state index is 12.9. The van der Waals surface area contributed by atoms with Crippen molar-refractivity contribution in [2.45, 2.75) is 98.8 Å². The maximum Gasteiger partial charge on any atom is 0.337 e. The number of carboxylic acids is 1. The molecule has 0 saturated carbocycles. The Balaban J connectivity index is 1.34. The standard InChI is InChI=1S/C39H54N6O4/c1-25-33(35(44-18-13-39(6,7)14-19-44)34(26(2)42-25)36(37(47)48)49-38(3,4)5)29-8-9-30-22-45(17-12-28(30)20-29)32-21-31(40-24-41-32)43-15-10-27(23-46)11-16-43/h8-9,20-21,24,27,36,46H,10-19,22-23H2,1-7H3,(H,47,48)/t36-/m0/s1. The molecule has 0 radical (unpaired) electrons. The van der Waals surface area contributed by atoms with Crippen LogP contribution in [0, 0.1) is 25.2 Å². The summed E-state index contributed by atoms with van der Waals surface area (Å²) >= 11 is 0. The number of piperidine rings is 2. The Morgan fingerprint density at radius 1 is 0.939 bits per heavy atom. The minimum atomic E-state index is -1.14. The SMILES string of the molecule is Cc1nc(C)c([C@H](OC(C)(C)C)C(=O)O)c(N2CCC(C)(C)CC2)c1-c1ccc2c(c1)CCN(c1cc(N3CCC(CO)CC3)ncn1)C2. The number of aryl methyl sites for hydroxylation is 2. The van der Waals surface area contributed by atoms with Crippen LogP contribution < -0.4 is 14.7 Å². The predicted molar refractivity (Wildman–Crippen MR) is 194 cm³/mol. The average Bonchev–Trinajstić information content (AvgIpc) is 3.06. The number of hydrogen-bond acceptors (Lipinski definition) is 9. The molecule has 49 heavy (non-hydrogen) atoms. The summed E-state index contributed by atoms with van der Waals surface area (Å²) < 4.78 is 6.28. The summed E-state index contributed by atoms with van der Waals surface area (Å²) in [4.78, 5) is 34.1. The summed E-state index contributed by atoms with van der Waals surface area (Å²) in [5, 5.41) is 20.1. The number of pyridine rings is 1. The van der Waals surface area contributed by atoms with Crippen LogP contribution in [0.1, 0.15) is 94.5 Å². The normalized spacial score (nSPS) is 19.1. The van der Waals surface area contributed by atoms with E-state index in [0.29, 0.717) is 17.2 Å². The van der Waals surface area contributed by atoms with Gasteiger partial charge in [0.2, 0.25) is 0 Å². The Labute approximate surface area is 291 Å². The molecule has 0 aliphatic carbocycles. The number of aliphatic carboxylic acids is 1. The number of aromatic nitrogens is 3. The lowest BCUT2D eigenvalue weighted by atomic mass is 9.81. The second-order valence-corrected chi connectivity index (χ2v) is 16.0. The molecule has 2 N–H and O–H groups in total. The first kappa shape index (κ1) is 35.1. The summed E-state index contributed by atoms with van der Waals surface area (Å²) in [7, 11) is 0. The van der Waals surface area contributed by atoms with Crippen LogP contribution >= 0.6 is 0 Å². The van der Waals surface area contributed by atoms with Gasteiger partial charge in [-0.1, -0.05) is 32.0 Å². The van der Waals surface area contributed by atoms with Gasteiger partial charge in [0.1, 0.15) is 18.0 Å². The zero-order valence-corrected chi connectivity index (χ0v) is 30.4. The Morgan fingerprint density at radius 2 is 1.61 bits per heavy atom. The highest BCUT2D eigenvalue weighted by Gasteiger charge is 2.37. The van der Waals surface area contributed by atoms with Gasteiger partial charge in [-0.2, -0.15) is 0 Å². The van der Waals surface area contributed by atoms with Crippen molar-refractivity contribution in [1.82, 2.24) is 15.0 Å². The van der Waals surface area contributed by atoms with Gasteiger partial charge in [0, 0.05) is 74.5 Å². The van der Waals surface area contributed by atoms with Crippen molar-refractivity contribution in [2.24, 2.45) is 11.3 Å². The van der Waals surface area contributed by atoms with Gasteiger partial charge in [0.25, 0.3) is 0 Å². The van der Waals surface area contributed by atoms with Crippen molar-refractivity contribution in [3.8, 4) is 11.1 Å². The first-order valence-corrected chi connectivity index (χ1v) is 17.9. The van der Waals surface area contributed by atoms with Gasteiger partial charge in [-0.3, -0.25) is 4.98 Å². The van der Waals surface area contributed by atoms with E-state index in [1.807, 2.05) is 34.6 Å². The van der Waals surface area contributed by atoms with Gasteiger partial charge in [0.05, 0.1) is 11.3 Å². The van der Waals surface area contributed by atoms with Crippen molar-refractivity contribution in [3.63, 3.8) is 0 Å². The van der Waals surface area contributed by atoms with E-state index in [9.17, 15) is 15.0 Å². The Kier molecular flexibility index (Phi) is 9.93. The molecule has 3 aliphatic heterocycles. The third-order valence-corrected chi connectivity index (χ3v) is 10.6.